The van der Waals surface area contributed by atoms with Crippen molar-refractivity contribution in [2.45, 2.75) is 33.6 Å². The van der Waals surface area contributed by atoms with Crippen molar-refractivity contribution < 1.29 is 4.84 Å². The molecular formula is C9H17NO. The maximum Gasteiger partial charge on any atom is 0.120 e. The van der Waals surface area contributed by atoms with E-state index in [9.17, 15) is 0 Å². The standard InChI is InChI=1S/C9H17NO/c1-4-8-5-9(2,3)7-10-11-6-8/h7-8H,4-6H2,1-3H3. The van der Waals surface area contributed by atoms with Crippen molar-refractivity contribution in [1.82, 2.24) is 0 Å². The van der Waals surface area contributed by atoms with Crippen LogP contribution in [0.15, 0.2) is 5.16 Å². The van der Waals surface area contributed by atoms with Crippen molar-refractivity contribution in [2.75, 3.05) is 6.61 Å². The van der Waals surface area contributed by atoms with E-state index in [-0.39, 0.29) is 5.41 Å². The fraction of sp³-hybridized carbons (Fsp3) is 0.889. The van der Waals surface area contributed by atoms with Gasteiger partial charge in [-0.15, -0.1) is 0 Å². The Labute approximate surface area is 68.6 Å². The van der Waals surface area contributed by atoms with Crippen molar-refractivity contribution in [3.63, 3.8) is 0 Å². The first-order valence-electron chi connectivity index (χ1n) is 4.30. The van der Waals surface area contributed by atoms with Gasteiger partial charge in [-0.05, 0) is 18.8 Å². The molecule has 0 amide bonds. The van der Waals surface area contributed by atoms with Crippen LogP contribution >= 0.6 is 0 Å². The average Bonchev–Trinajstić information content (AvgIpc) is 2.10. The molecule has 0 saturated carbocycles. The van der Waals surface area contributed by atoms with Gasteiger partial charge in [-0.3, -0.25) is 0 Å². The molecule has 1 atom stereocenters. The average molecular weight is 155 g/mol. The molecule has 1 unspecified atom stereocenters. The molecule has 1 aliphatic rings. The second kappa shape index (κ2) is 3.24. The maximum absolute atomic E-state index is 5.10. The van der Waals surface area contributed by atoms with E-state index in [2.05, 4.69) is 25.9 Å². The van der Waals surface area contributed by atoms with Gasteiger partial charge in [0.25, 0.3) is 0 Å². The molecule has 11 heavy (non-hydrogen) atoms. The largest absolute Gasteiger partial charge is 0.396 e. The third kappa shape index (κ3) is 2.52. The summed E-state index contributed by atoms with van der Waals surface area (Å²) >= 11 is 0. The van der Waals surface area contributed by atoms with Gasteiger partial charge in [-0.1, -0.05) is 25.9 Å². The molecule has 0 aromatic heterocycles. The summed E-state index contributed by atoms with van der Waals surface area (Å²) < 4.78 is 0. The number of hydrogen-bond donors (Lipinski definition) is 0. The fourth-order valence-electron chi connectivity index (χ4n) is 1.45. The molecule has 0 aromatic rings. The van der Waals surface area contributed by atoms with E-state index < -0.39 is 0 Å². The highest BCUT2D eigenvalue weighted by atomic mass is 16.6. The third-order valence-electron chi connectivity index (χ3n) is 2.18. The Hall–Kier alpha value is -0.530. The van der Waals surface area contributed by atoms with Crippen LogP contribution < -0.4 is 0 Å². The summed E-state index contributed by atoms with van der Waals surface area (Å²) in [6.07, 6.45) is 4.29. The van der Waals surface area contributed by atoms with Crippen LogP contribution in [-0.4, -0.2) is 12.8 Å². The van der Waals surface area contributed by atoms with Crippen molar-refractivity contribution in [3.8, 4) is 0 Å². The topological polar surface area (TPSA) is 21.6 Å². The molecule has 1 rings (SSSR count). The highest BCUT2D eigenvalue weighted by molar-refractivity contribution is 5.64. The Morgan fingerprint density at radius 3 is 3.00 bits per heavy atom. The molecule has 0 spiro atoms. The Morgan fingerprint density at radius 1 is 1.64 bits per heavy atom. The minimum atomic E-state index is 0.219. The van der Waals surface area contributed by atoms with Crippen LogP contribution in [-0.2, 0) is 4.84 Å². The molecule has 1 heterocycles. The summed E-state index contributed by atoms with van der Waals surface area (Å²) in [5.41, 5.74) is 0.219. The summed E-state index contributed by atoms with van der Waals surface area (Å²) in [4.78, 5) is 5.10. The van der Waals surface area contributed by atoms with Gasteiger partial charge in [0.1, 0.15) is 6.61 Å². The van der Waals surface area contributed by atoms with E-state index >= 15 is 0 Å². The molecule has 1 aliphatic heterocycles. The van der Waals surface area contributed by atoms with Gasteiger partial charge >= 0.3 is 0 Å². The molecule has 0 radical (unpaired) electrons. The Kier molecular flexibility index (Phi) is 2.53. The summed E-state index contributed by atoms with van der Waals surface area (Å²) in [6, 6.07) is 0. The molecule has 2 heteroatoms. The second-order valence-electron chi connectivity index (χ2n) is 4.00. The zero-order chi connectivity index (χ0) is 8.32. The van der Waals surface area contributed by atoms with E-state index in [1.165, 1.54) is 12.8 Å². The smallest absolute Gasteiger partial charge is 0.120 e. The number of oxime groups is 1. The first-order valence-corrected chi connectivity index (χ1v) is 4.30. The van der Waals surface area contributed by atoms with Crippen molar-refractivity contribution >= 4 is 6.21 Å². The predicted octanol–water partition coefficient (Wildman–Crippen LogP) is 2.44. The van der Waals surface area contributed by atoms with E-state index in [1.54, 1.807) is 0 Å². The molecule has 2 nitrogen and oxygen atoms in total. The Bertz CT molecular complexity index is 152. The highest BCUT2D eigenvalue weighted by Crippen LogP contribution is 2.27. The predicted molar refractivity (Wildman–Crippen MR) is 46.6 cm³/mol. The maximum atomic E-state index is 5.10. The fourth-order valence-corrected chi connectivity index (χ4v) is 1.45. The zero-order valence-corrected chi connectivity index (χ0v) is 7.63. The van der Waals surface area contributed by atoms with Crippen LogP contribution in [0.2, 0.25) is 0 Å². The lowest BCUT2D eigenvalue weighted by Gasteiger charge is -2.20. The van der Waals surface area contributed by atoms with Crippen LogP contribution in [0.5, 0.6) is 0 Å². The lowest BCUT2D eigenvalue weighted by Crippen LogP contribution is -2.17. The first-order chi connectivity index (χ1) is 5.14. The van der Waals surface area contributed by atoms with E-state index in [1.807, 2.05) is 6.21 Å². The summed E-state index contributed by atoms with van der Waals surface area (Å²) in [7, 11) is 0. The van der Waals surface area contributed by atoms with Crippen LogP contribution in [0, 0.1) is 11.3 Å². The van der Waals surface area contributed by atoms with Crippen LogP contribution in [0.3, 0.4) is 0 Å². The monoisotopic (exact) mass is 155 g/mol. The minimum Gasteiger partial charge on any atom is -0.396 e. The Balaban J connectivity index is 2.56. The number of rotatable bonds is 1. The van der Waals surface area contributed by atoms with E-state index in [0.29, 0.717) is 5.92 Å². The van der Waals surface area contributed by atoms with Gasteiger partial charge in [-0.2, -0.15) is 0 Å². The normalized spacial score (nSPS) is 29.2. The van der Waals surface area contributed by atoms with E-state index in [4.69, 9.17) is 4.84 Å². The lowest BCUT2D eigenvalue weighted by molar-refractivity contribution is 0.107. The molecule has 0 N–H and O–H groups in total. The van der Waals surface area contributed by atoms with Gasteiger partial charge in [0.05, 0.1) is 0 Å². The van der Waals surface area contributed by atoms with Gasteiger partial charge in [0, 0.05) is 11.6 Å². The SMILES string of the molecule is CCC1CON=CC(C)(C)C1. The van der Waals surface area contributed by atoms with Crippen LogP contribution in [0.25, 0.3) is 0 Å². The third-order valence-corrected chi connectivity index (χ3v) is 2.18. The van der Waals surface area contributed by atoms with Crippen molar-refractivity contribution in [2.24, 2.45) is 16.5 Å². The highest BCUT2D eigenvalue weighted by Gasteiger charge is 2.23. The molecular weight excluding hydrogens is 138 g/mol. The molecule has 0 aliphatic carbocycles. The summed E-state index contributed by atoms with van der Waals surface area (Å²) in [5, 5.41) is 3.90. The van der Waals surface area contributed by atoms with Crippen LogP contribution in [0.4, 0.5) is 0 Å². The number of hydrogen-bond acceptors (Lipinski definition) is 2. The van der Waals surface area contributed by atoms with Gasteiger partial charge < -0.3 is 4.84 Å². The molecule has 0 saturated heterocycles. The van der Waals surface area contributed by atoms with Gasteiger partial charge in [0.2, 0.25) is 0 Å². The summed E-state index contributed by atoms with van der Waals surface area (Å²) in [6.45, 7) is 7.40. The van der Waals surface area contributed by atoms with Crippen molar-refractivity contribution in [3.05, 3.63) is 0 Å². The number of nitrogens with zero attached hydrogens (tertiary/aromatic N) is 1. The molecule has 64 valence electrons. The van der Waals surface area contributed by atoms with Crippen molar-refractivity contribution in [1.29, 1.82) is 0 Å². The second-order valence-corrected chi connectivity index (χ2v) is 4.00. The lowest BCUT2D eigenvalue weighted by atomic mass is 9.83. The van der Waals surface area contributed by atoms with Gasteiger partial charge in [-0.25, -0.2) is 0 Å². The quantitative estimate of drug-likeness (QED) is 0.570. The minimum absolute atomic E-state index is 0.219. The van der Waals surface area contributed by atoms with E-state index in [0.717, 1.165) is 6.61 Å². The first kappa shape index (κ1) is 8.57. The summed E-state index contributed by atoms with van der Waals surface area (Å²) in [5.74, 6) is 0.674. The molecule has 0 aromatic carbocycles. The molecule has 0 bridgehead atoms. The Morgan fingerprint density at radius 2 is 2.36 bits per heavy atom. The molecule has 0 fully saturated rings. The van der Waals surface area contributed by atoms with Gasteiger partial charge in [0.15, 0.2) is 0 Å². The zero-order valence-electron chi connectivity index (χ0n) is 7.63. The van der Waals surface area contributed by atoms with Crippen LogP contribution in [0.1, 0.15) is 33.6 Å².